The summed E-state index contributed by atoms with van der Waals surface area (Å²) in [5.74, 6) is 0. The Balaban J connectivity index is 0.000000980. The van der Waals surface area contributed by atoms with E-state index in [4.69, 9.17) is 5.73 Å². The molecule has 4 heteroatoms. The van der Waals surface area contributed by atoms with Gasteiger partial charge in [-0.25, -0.2) is 0 Å². The fourth-order valence-electron chi connectivity index (χ4n) is 1.34. The molecule has 0 saturated heterocycles. The number of rotatable bonds is 1. The topological polar surface area (TPSA) is 38.9 Å². The van der Waals surface area contributed by atoms with Crippen molar-refractivity contribution in [3.05, 3.63) is 42.1 Å². The summed E-state index contributed by atoms with van der Waals surface area (Å²) in [5.41, 5.74) is 7.87. The molecule has 1 aromatic carbocycles. The van der Waals surface area contributed by atoms with Crippen LogP contribution in [0.4, 0.5) is 0 Å². The second kappa shape index (κ2) is 5.91. The number of benzene rings is 1. The van der Waals surface area contributed by atoms with Gasteiger partial charge in [0.25, 0.3) is 0 Å². The van der Waals surface area contributed by atoms with E-state index < -0.39 is 0 Å². The molecule has 0 amide bonds. The lowest BCUT2D eigenvalue weighted by molar-refractivity contribution is 0.814. The number of hydrogen-bond donors (Lipinski definition) is 1. The molecule has 1 heterocycles. The van der Waals surface area contributed by atoms with E-state index in [0.717, 1.165) is 16.5 Å². The molecule has 0 aliphatic rings. The number of fused-ring (bicyclic) bond motifs is 1. The average Bonchev–Trinajstić information content (AvgIpc) is 2.17. The van der Waals surface area contributed by atoms with Gasteiger partial charge in [0.05, 0.1) is 5.52 Å². The van der Waals surface area contributed by atoms with E-state index in [1.54, 1.807) is 0 Å². The van der Waals surface area contributed by atoms with E-state index in [-0.39, 0.29) is 30.9 Å². The van der Waals surface area contributed by atoms with Crippen LogP contribution in [0.2, 0.25) is 0 Å². The molecule has 1 atom stereocenters. The third kappa shape index (κ3) is 3.06. The largest absolute Gasteiger partial charge is 0.324 e. The first-order valence-electron chi connectivity index (χ1n) is 4.37. The maximum atomic E-state index is 5.76. The molecule has 2 nitrogen and oxygen atoms in total. The molecule has 15 heavy (non-hydrogen) atoms. The van der Waals surface area contributed by atoms with Gasteiger partial charge in [0.15, 0.2) is 0 Å². The maximum absolute atomic E-state index is 5.76. The lowest BCUT2D eigenvalue weighted by atomic mass is 10.1. The highest BCUT2D eigenvalue weighted by Crippen LogP contribution is 2.15. The quantitative estimate of drug-likeness (QED) is 0.838. The number of para-hydroxylation sites is 1. The summed E-state index contributed by atoms with van der Waals surface area (Å²) in [4.78, 5) is 4.32. The molecule has 1 aromatic heterocycles. The van der Waals surface area contributed by atoms with E-state index in [0.29, 0.717) is 0 Å². The second-order valence-corrected chi connectivity index (χ2v) is 3.25. The molecule has 82 valence electrons. The lowest BCUT2D eigenvalue weighted by Crippen LogP contribution is -2.04. The van der Waals surface area contributed by atoms with Crippen LogP contribution in [-0.2, 0) is 0 Å². The first kappa shape index (κ1) is 14.2. The third-order valence-electron chi connectivity index (χ3n) is 2.14. The Bertz CT molecular complexity index is 430. The van der Waals surface area contributed by atoms with E-state index in [1.165, 1.54) is 0 Å². The van der Waals surface area contributed by atoms with Gasteiger partial charge in [0.1, 0.15) is 0 Å². The van der Waals surface area contributed by atoms with Gasteiger partial charge in [-0.2, -0.15) is 0 Å². The fourth-order valence-corrected chi connectivity index (χ4v) is 1.34. The lowest BCUT2D eigenvalue weighted by Gasteiger charge is -2.05. The number of aromatic nitrogens is 1. The van der Waals surface area contributed by atoms with Crippen molar-refractivity contribution >= 4 is 35.7 Å². The Morgan fingerprint density at radius 2 is 1.87 bits per heavy atom. The average molecular weight is 245 g/mol. The van der Waals surface area contributed by atoms with Crippen molar-refractivity contribution < 1.29 is 0 Å². The zero-order valence-corrected chi connectivity index (χ0v) is 10.0. The summed E-state index contributed by atoms with van der Waals surface area (Å²) in [5, 5.41) is 1.15. The number of halogens is 2. The van der Waals surface area contributed by atoms with Crippen LogP contribution < -0.4 is 5.73 Å². The third-order valence-corrected chi connectivity index (χ3v) is 2.14. The Morgan fingerprint density at radius 1 is 1.20 bits per heavy atom. The summed E-state index contributed by atoms with van der Waals surface area (Å²) in [6.45, 7) is 1.96. The highest BCUT2D eigenvalue weighted by molar-refractivity contribution is 5.85. The van der Waals surface area contributed by atoms with Crippen molar-refractivity contribution in [2.24, 2.45) is 5.73 Å². The van der Waals surface area contributed by atoms with Crippen molar-refractivity contribution in [2.75, 3.05) is 0 Å². The van der Waals surface area contributed by atoms with Crippen LogP contribution in [0.15, 0.2) is 36.5 Å². The van der Waals surface area contributed by atoms with Crippen molar-refractivity contribution in [2.45, 2.75) is 13.0 Å². The molecule has 2 rings (SSSR count). The zero-order valence-electron chi connectivity index (χ0n) is 8.38. The highest BCUT2D eigenvalue weighted by Gasteiger charge is 2.00. The minimum Gasteiger partial charge on any atom is -0.324 e. The van der Waals surface area contributed by atoms with Gasteiger partial charge >= 0.3 is 0 Å². The Kier molecular flexibility index (Phi) is 5.58. The Morgan fingerprint density at radius 3 is 2.53 bits per heavy atom. The monoisotopic (exact) mass is 244 g/mol. The number of pyridine rings is 1. The highest BCUT2D eigenvalue weighted by atomic mass is 35.5. The van der Waals surface area contributed by atoms with Crippen LogP contribution >= 0.6 is 24.8 Å². The molecular weight excluding hydrogens is 231 g/mol. The van der Waals surface area contributed by atoms with Crippen molar-refractivity contribution in [3.8, 4) is 0 Å². The molecule has 0 fully saturated rings. The molecule has 0 aliphatic carbocycles. The van der Waals surface area contributed by atoms with Crippen molar-refractivity contribution in [1.82, 2.24) is 4.98 Å². The molecule has 0 radical (unpaired) electrons. The van der Waals surface area contributed by atoms with Gasteiger partial charge in [0.2, 0.25) is 0 Å². The van der Waals surface area contributed by atoms with Crippen LogP contribution in [0, 0.1) is 0 Å². The van der Waals surface area contributed by atoms with Crippen LogP contribution in [-0.4, -0.2) is 4.98 Å². The molecule has 0 unspecified atom stereocenters. The van der Waals surface area contributed by atoms with Gasteiger partial charge in [-0.1, -0.05) is 18.2 Å². The van der Waals surface area contributed by atoms with Gasteiger partial charge < -0.3 is 5.73 Å². The SMILES string of the molecule is C[C@@H](N)c1cnc2ccccc2c1.Cl.Cl. The Labute approximate surface area is 102 Å². The zero-order chi connectivity index (χ0) is 9.26. The fraction of sp³-hybridized carbons (Fsp3) is 0.182. The molecule has 0 aliphatic heterocycles. The van der Waals surface area contributed by atoms with Gasteiger partial charge in [0, 0.05) is 17.6 Å². The summed E-state index contributed by atoms with van der Waals surface area (Å²) in [7, 11) is 0. The first-order chi connectivity index (χ1) is 6.27. The molecular formula is C11H14Cl2N2. The minimum absolute atomic E-state index is 0. The van der Waals surface area contributed by atoms with Crippen LogP contribution in [0.3, 0.4) is 0 Å². The van der Waals surface area contributed by atoms with Crippen LogP contribution in [0.25, 0.3) is 10.9 Å². The van der Waals surface area contributed by atoms with Gasteiger partial charge in [-0.05, 0) is 24.6 Å². The van der Waals surface area contributed by atoms with E-state index >= 15 is 0 Å². The molecule has 2 aromatic rings. The number of nitrogens with two attached hydrogens (primary N) is 1. The van der Waals surface area contributed by atoms with E-state index in [1.807, 2.05) is 37.4 Å². The van der Waals surface area contributed by atoms with Crippen LogP contribution in [0.1, 0.15) is 18.5 Å². The summed E-state index contributed by atoms with van der Waals surface area (Å²) < 4.78 is 0. The maximum Gasteiger partial charge on any atom is 0.0702 e. The minimum atomic E-state index is 0. The predicted octanol–water partition coefficient (Wildman–Crippen LogP) is 3.10. The first-order valence-corrected chi connectivity index (χ1v) is 4.37. The van der Waals surface area contributed by atoms with Crippen LogP contribution in [0.5, 0.6) is 0 Å². The van der Waals surface area contributed by atoms with E-state index in [9.17, 15) is 0 Å². The van der Waals surface area contributed by atoms with Gasteiger partial charge in [-0.15, -0.1) is 24.8 Å². The normalized spacial score (nSPS) is 11.3. The van der Waals surface area contributed by atoms with Gasteiger partial charge in [-0.3, -0.25) is 4.98 Å². The smallest absolute Gasteiger partial charge is 0.0702 e. The molecule has 2 N–H and O–H groups in total. The predicted molar refractivity (Wildman–Crippen MR) is 68.8 cm³/mol. The van der Waals surface area contributed by atoms with E-state index in [2.05, 4.69) is 11.1 Å². The number of hydrogen-bond acceptors (Lipinski definition) is 2. The van der Waals surface area contributed by atoms with Crippen molar-refractivity contribution in [1.29, 1.82) is 0 Å². The summed E-state index contributed by atoms with van der Waals surface area (Å²) in [6, 6.07) is 10.2. The van der Waals surface area contributed by atoms with Crippen molar-refractivity contribution in [3.63, 3.8) is 0 Å². The molecule has 0 saturated carbocycles. The summed E-state index contributed by atoms with van der Waals surface area (Å²) >= 11 is 0. The Hall–Kier alpha value is -0.830. The molecule has 0 spiro atoms. The summed E-state index contributed by atoms with van der Waals surface area (Å²) in [6.07, 6.45) is 1.84. The second-order valence-electron chi connectivity index (χ2n) is 3.25. The standard InChI is InChI=1S/C11H12N2.2ClH/c1-8(12)10-6-9-4-2-3-5-11(9)13-7-10;;/h2-8H,12H2,1H3;2*1H/t8-;;/m1../s1. The molecule has 0 bridgehead atoms. The number of nitrogens with zero attached hydrogens (tertiary/aromatic N) is 1.